The first-order chi connectivity index (χ1) is 8.00. The molecule has 0 aliphatic carbocycles. The van der Waals surface area contributed by atoms with E-state index in [4.69, 9.17) is 12.2 Å². The highest BCUT2D eigenvalue weighted by Crippen LogP contribution is 2.15. The molecular formula is C11H14N4OS. The molecule has 0 aliphatic rings. The van der Waals surface area contributed by atoms with Crippen LogP contribution < -0.4 is 5.56 Å². The molecule has 2 aromatic heterocycles. The molecule has 0 bridgehead atoms. The maximum Gasteiger partial charge on any atom is 0.261 e. The number of aromatic nitrogens is 4. The molecule has 2 aromatic rings. The molecule has 6 heteroatoms. The molecule has 0 atom stereocenters. The van der Waals surface area contributed by atoms with E-state index in [1.807, 2.05) is 6.07 Å². The van der Waals surface area contributed by atoms with Crippen molar-refractivity contribution in [3.63, 3.8) is 0 Å². The van der Waals surface area contributed by atoms with Crippen molar-refractivity contribution in [2.75, 3.05) is 0 Å². The minimum absolute atomic E-state index is 0.0750. The minimum atomic E-state index is -0.0750. The van der Waals surface area contributed by atoms with Crippen LogP contribution in [0.2, 0.25) is 0 Å². The van der Waals surface area contributed by atoms with Gasteiger partial charge in [-0.2, -0.15) is 4.98 Å². The summed E-state index contributed by atoms with van der Waals surface area (Å²) >= 11 is 4.87. The predicted molar refractivity (Wildman–Crippen MR) is 68.5 cm³/mol. The fourth-order valence-corrected chi connectivity index (χ4v) is 1.95. The van der Waals surface area contributed by atoms with Crippen LogP contribution in [0.25, 0.3) is 11.4 Å². The van der Waals surface area contributed by atoms with E-state index in [1.165, 1.54) is 0 Å². The Bertz CT molecular complexity index is 650. The zero-order valence-electron chi connectivity index (χ0n) is 9.94. The number of nitrogens with zero attached hydrogens (tertiary/aromatic N) is 2. The van der Waals surface area contributed by atoms with Gasteiger partial charge in [-0.05, 0) is 30.3 Å². The average Bonchev–Trinajstić information content (AvgIpc) is 2.68. The molecule has 0 unspecified atom stereocenters. The quantitative estimate of drug-likeness (QED) is 0.801. The van der Waals surface area contributed by atoms with E-state index >= 15 is 0 Å². The van der Waals surface area contributed by atoms with Crippen LogP contribution in [0.15, 0.2) is 16.9 Å². The van der Waals surface area contributed by atoms with E-state index in [-0.39, 0.29) is 5.56 Å². The summed E-state index contributed by atoms with van der Waals surface area (Å²) in [6.07, 6.45) is 0. The largest absolute Gasteiger partial charge is 0.315 e. The van der Waals surface area contributed by atoms with Gasteiger partial charge < -0.3 is 4.57 Å². The van der Waals surface area contributed by atoms with Gasteiger partial charge in [0, 0.05) is 12.7 Å². The second-order valence-corrected chi connectivity index (χ2v) is 4.59. The van der Waals surface area contributed by atoms with Crippen LogP contribution in [0.1, 0.15) is 25.5 Å². The van der Waals surface area contributed by atoms with E-state index in [0.717, 1.165) is 5.69 Å². The molecule has 2 N–H and O–H groups in total. The molecule has 0 fully saturated rings. The van der Waals surface area contributed by atoms with Crippen LogP contribution in [0.5, 0.6) is 0 Å². The Morgan fingerprint density at radius 2 is 2.06 bits per heavy atom. The predicted octanol–water partition coefficient (Wildman–Crippen LogP) is 1.96. The number of H-pyrrole nitrogens is 2. The second-order valence-electron chi connectivity index (χ2n) is 4.21. The summed E-state index contributed by atoms with van der Waals surface area (Å²) < 4.78 is 1.99. The smallest absolute Gasteiger partial charge is 0.261 e. The highest BCUT2D eigenvalue weighted by atomic mass is 32.1. The van der Waals surface area contributed by atoms with Crippen LogP contribution in [-0.4, -0.2) is 19.7 Å². The lowest BCUT2D eigenvalue weighted by atomic mass is 10.1. The maximum absolute atomic E-state index is 12.2. The van der Waals surface area contributed by atoms with Gasteiger partial charge in [0.15, 0.2) is 5.82 Å². The molecule has 0 radical (unpaired) electrons. The molecule has 2 rings (SSSR count). The third-order valence-electron chi connectivity index (χ3n) is 2.69. The van der Waals surface area contributed by atoms with Crippen molar-refractivity contribution in [3.8, 4) is 11.4 Å². The van der Waals surface area contributed by atoms with Crippen molar-refractivity contribution < 1.29 is 0 Å². The summed E-state index contributed by atoms with van der Waals surface area (Å²) in [6, 6.07) is 3.71. The molecule has 0 amide bonds. The minimum Gasteiger partial charge on any atom is -0.315 e. The van der Waals surface area contributed by atoms with Crippen LogP contribution in [-0.2, 0) is 7.05 Å². The molecule has 0 saturated heterocycles. The first-order valence-corrected chi connectivity index (χ1v) is 5.76. The standard InChI is InChI=1S/C11H14N4OS/c1-6(2)8-5-4-7(10(16)15(8)3)9-12-11(17)14-13-9/h4-6H,1-3H3,(H2,12,13,14,17). The van der Waals surface area contributed by atoms with Crippen LogP contribution in [0, 0.1) is 4.77 Å². The van der Waals surface area contributed by atoms with Gasteiger partial charge >= 0.3 is 0 Å². The third-order valence-corrected chi connectivity index (χ3v) is 2.88. The van der Waals surface area contributed by atoms with Gasteiger partial charge in [-0.3, -0.25) is 15.0 Å². The molecular weight excluding hydrogens is 236 g/mol. The van der Waals surface area contributed by atoms with Gasteiger partial charge in [-0.15, -0.1) is 0 Å². The van der Waals surface area contributed by atoms with Crippen molar-refractivity contribution in [3.05, 3.63) is 33.0 Å². The van der Waals surface area contributed by atoms with Crippen molar-refractivity contribution >= 4 is 12.2 Å². The first-order valence-electron chi connectivity index (χ1n) is 5.35. The van der Waals surface area contributed by atoms with Crippen molar-refractivity contribution in [1.29, 1.82) is 0 Å². The number of hydrogen-bond acceptors (Lipinski definition) is 3. The fraction of sp³-hybridized carbons (Fsp3) is 0.364. The number of nitrogens with one attached hydrogen (secondary N) is 2. The lowest BCUT2D eigenvalue weighted by Crippen LogP contribution is -2.22. The van der Waals surface area contributed by atoms with Crippen LogP contribution in [0.4, 0.5) is 0 Å². The van der Waals surface area contributed by atoms with Crippen molar-refractivity contribution in [2.45, 2.75) is 19.8 Å². The SMILES string of the molecule is CC(C)c1ccc(-c2nc(=S)[nH][nH]2)c(=O)n1C. The summed E-state index contributed by atoms with van der Waals surface area (Å²) in [5.74, 6) is 0.783. The Morgan fingerprint density at radius 3 is 2.59 bits per heavy atom. The number of rotatable bonds is 2. The Balaban J connectivity index is 2.63. The number of aromatic amines is 2. The third kappa shape index (κ3) is 2.08. The Hall–Kier alpha value is -1.69. The lowest BCUT2D eigenvalue weighted by molar-refractivity contribution is 0.707. The van der Waals surface area contributed by atoms with Gasteiger partial charge in [0.1, 0.15) is 0 Å². The van der Waals surface area contributed by atoms with Gasteiger partial charge in [0.25, 0.3) is 5.56 Å². The van der Waals surface area contributed by atoms with E-state index in [0.29, 0.717) is 22.1 Å². The monoisotopic (exact) mass is 250 g/mol. The Labute approximate surface area is 104 Å². The van der Waals surface area contributed by atoms with Crippen LogP contribution >= 0.6 is 12.2 Å². The summed E-state index contributed by atoms with van der Waals surface area (Å²) in [4.78, 5) is 16.2. The number of hydrogen-bond donors (Lipinski definition) is 2. The number of pyridine rings is 1. The van der Waals surface area contributed by atoms with Gasteiger partial charge in [-0.25, -0.2) is 0 Å². The topological polar surface area (TPSA) is 66.5 Å². The maximum atomic E-state index is 12.2. The summed E-state index contributed by atoms with van der Waals surface area (Å²) in [5, 5.41) is 5.47. The molecule has 0 aliphatic heterocycles. The zero-order valence-corrected chi connectivity index (χ0v) is 10.8. The lowest BCUT2D eigenvalue weighted by Gasteiger charge is -2.12. The van der Waals surface area contributed by atoms with Gasteiger partial charge in [0.05, 0.1) is 5.56 Å². The first kappa shape index (κ1) is 11.8. The van der Waals surface area contributed by atoms with Gasteiger partial charge in [-0.1, -0.05) is 13.8 Å². The summed E-state index contributed by atoms with van der Waals surface area (Å²) in [7, 11) is 1.77. The van der Waals surface area contributed by atoms with E-state index in [1.54, 1.807) is 17.7 Å². The highest BCUT2D eigenvalue weighted by molar-refractivity contribution is 7.71. The Kier molecular flexibility index (Phi) is 2.97. The Morgan fingerprint density at radius 1 is 1.35 bits per heavy atom. The summed E-state index contributed by atoms with van der Waals surface area (Å²) in [5.41, 5.74) is 1.44. The fourth-order valence-electron chi connectivity index (χ4n) is 1.81. The van der Waals surface area contributed by atoms with E-state index < -0.39 is 0 Å². The van der Waals surface area contributed by atoms with Crippen molar-refractivity contribution in [1.82, 2.24) is 19.7 Å². The molecule has 90 valence electrons. The molecule has 0 aromatic carbocycles. The van der Waals surface area contributed by atoms with Gasteiger partial charge in [0.2, 0.25) is 4.77 Å². The molecule has 0 saturated carbocycles. The molecule has 0 spiro atoms. The second kappa shape index (κ2) is 4.29. The van der Waals surface area contributed by atoms with E-state index in [9.17, 15) is 4.79 Å². The molecule has 2 heterocycles. The highest BCUT2D eigenvalue weighted by Gasteiger charge is 2.11. The zero-order chi connectivity index (χ0) is 12.6. The molecule has 5 nitrogen and oxygen atoms in total. The summed E-state index contributed by atoms with van der Waals surface area (Å²) in [6.45, 7) is 4.10. The van der Waals surface area contributed by atoms with E-state index in [2.05, 4.69) is 29.0 Å². The normalized spacial score (nSPS) is 11.1. The van der Waals surface area contributed by atoms with Crippen molar-refractivity contribution in [2.24, 2.45) is 7.05 Å². The van der Waals surface area contributed by atoms with Crippen LogP contribution in [0.3, 0.4) is 0 Å². The average molecular weight is 250 g/mol. The molecule has 17 heavy (non-hydrogen) atoms.